The zero-order valence-electron chi connectivity index (χ0n) is 9.09. The van der Waals surface area contributed by atoms with Crippen LogP contribution in [0.2, 0.25) is 0 Å². The highest BCUT2D eigenvalue weighted by Gasteiger charge is 2.03. The molecule has 1 nitrogen and oxygen atoms in total. The lowest BCUT2D eigenvalue weighted by atomic mass is 10.1. The van der Waals surface area contributed by atoms with Gasteiger partial charge in [0.2, 0.25) is 0 Å². The number of hydrogen-bond acceptors (Lipinski definition) is 1. The van der Waals surface area contributed by atoms with Gasteiger partial charge in [0.05, 0.1) is 0 Å². The second-order valence-corrected chi connectivity index (χ2v) is 3.38. The molecule has 0 N–H and O–H groups in total. The van der Waals surface area contributed by atoms with E-state index in [1.165, 1.54) is 0 Å². The van der Waals surface area contributed by atoms with Crippen LogP contribution in [0.3, 0.4) is 0 Å². The molecule has 0 aromatic rings. The van der Waals surface area contributed by atoms with E-state index < -0.39 is 0 Å². The topological polar surface area (TPSA) is 3.24 Å². The Morgan fingerprint density at radius 3 is 2.54 bits per heavy atom. The summed E-state index contributed by atoms with van der Waals surface area (Å²) in [5, 5.41) is 0. The van der Waals surface area contributed by atoms with Crippen LogP contribution in [0.5, 0.6) is 0 Å². The highest BCUT2D eigenvalue weighted by atomic mass is 15.1. The maximum Gasteiger partial charge on any atom is 0.0281 e. The predicted octanol–water partition coefficient (Wildman–Crippen LogP) is 3.57. The lowest BCUT2D eigenvalue weighted by Crippen LogP contribution is -2.19. The average Bonchev–Trinajstić information content (AvgIpc) is 2.10. The van der Waals surface area contributed by atoms with Crippen LogP contribution in [0, 0.1) is 5.92 Å². The van der Waals surface area contributed by atoms with E-state index in [4.69, 9.17) is 0 Å². The third kappa shape index (κ3) is 5.29. The Hall–Kier alpha value is -0.980. The van der Waals surface area contributed by atoms with E-state index in [0.717, 1.165) is 18.7 Å². The van der Waals surface area contributed by atoms with Crippen LogP contribution in [0.15, 0.2) is 37.2 Å². The normalized spacial score (nSPS) is 12.8. The van der Waals surface area contributed by atoms with Crippen molar-refractivity contribution in [1.82, 2.24) is 4.90 Å². The van der Waals surface area contributed by atoms with Crippen molar-refractivity contribution in [3.05, 3.63) is 37.2 Å². The van der Waals surface area contributed by atoms with E-state index in [2.05, 4.69) is 44.1 Å². The molecular weight excluding hydrogens is 158 g/mol. The first-order valence-electron chi connectivity index (χ1n) is 4.83. The molecule has 0 fully saturated rings. The van der Waals surface area contributed by atoms with Gasteiger partial charge < -0.3 is 4.90 Å². The Kier molecular flexibility index (Phi) is 6.03. The summed E-state index contributed by atoms with van der Waals surface area (Å²) in [4.78, 5) is 2.07. The third-order valence-corrected chi connectivity index (χ3v) is 1.90. The zero-order valence-corrected chi connectivity index (χ0v) is 9.09. The maximum atomic E-state index is 3.89. The van der Waals surface area contributed by atoms with Gasteiger partial charge in [-0.05, 0) is 25.5 Å². The molecule has 0 bridgehead atoms. The van der Waals surface area contributed by atoms with E-state index in [1.54, 1.807) is 0 Å². The van der Waals surface area contributed by atoms with Gasteiger partial charge in [0, 0.05) is 12.2 Å². The first kappa shape index (κ1) is 12.0. The monoisotopic (exact) mass is 179 g/mol. The molecule has 0 saturated heterocycles. The van der Waals surface area contributed by atoms with E-state index in [9.17, 15) is 0 Å². The molecule has 0 aromatic carbocycles. The number of nitrogens with zero attached hydrogens (tertiary/aromatic N) is 1. The first-order valence-corrected chi connectivity index (χ1v) is 4.83. The molecule has 0 saturated carbocycles. The van der Waals surface area contributed by atoms with Crippen molar-refractivity contribution < 1.29 is 0 Å². The zero-order chi connectivity index (χ0) is 10.3. The predicted molar refractivity (Wildman–Crippen MR) is 60.3 cm³/mol. The fraction of sp³-hybridized carbons (Fsp3) is 0.500. The molecule has 1 atom stereocenters. The van der Waals surface area contributed by atoms with Crippen molar-refractivity contribution >= 4 is 0 Å². The van der Waals surface area contributed by atoms with Crippen molar-refractivity contribution in [3.63, 3.8) is 0 Å². The van der Waals surface area contributed by atoms with Gasteiger partial charge in [-0.3, -0.25) is 0 Å². The number of hydrogen-bond donors (Lipinski definition) is 0. The maximum absolute atomic E-state index is 3.89. The van der Waals surface area contributed by atoms with Crippen LogP contribution in [-0.4, -0.2) is 11.4 Å². The SMILES string of the molecule is C=CN(CC(C)/C=C\CC)C(=C)C. The summed E-state index contributed by atoms with van der Waals surface area (Å²) in [6, 6.07) is 0. The molecule has 0 aliphatic carbocycles. The lowest BCUT2D eigenvalue weighted by Gasteiger charge is -2.22. The summed E-state index contributed by atoms with van der Waals surface area (Å²) < 4.78 is 0. The molecular formula is C12H21N. The lowest BCUT2D eigenvalue weighted by molar-refractivity contribution is 0.421. The van der Waals surface area contributed by atoms with Crippen molar-refractivity contribution in [2.24, 2.45) is 5.92 Å². The van der Waals surface area contributed by atoms with Crippen LogP contribution >= 0.6 is 0 Å². The fourth-order valence-corrected chi connectivity index (χ4v) is 1.13. The molecule has 0 amide bonds. The fourth-order valence-electron chi connectivity index (χ4n) is 1.13. The van der Waals surface area contributed by atoms with E-state index in [-0.39, 0.29) is 0 Å². The molecule has 13 heavy (non-hydrogen) atoms. The summed E-state index contributed by atoms with van der Waals surface area (Å²) in [6.45, 7) is 15.0. The Balaban J connectivity index is 4.00. The molecule has 0 spiro atoms. The largest absolute Gasteiger partial charge is 0.352 e. The van der Waals surface area contributed by atoms with Crippen molar-refractivity contribution in [2.45, 2.75) is 27.2 Å². The Labute approximate surface area is 82.4 Å². The second kappa shape index (κ2) is 6.53. The summed E-state index contributed by atoms with van der Waals surface area (Å²) in [5.74, 6) is 0.551. The summed E-state index contributed by atoms with van der Waals surface area (Å²) in [6.07, 6.45) is 7.37. The van der Waals surface area contributed by atoms with Crippen LogP contribution in [0.1, 0.15) is 27.2 Å². The summed E-state index contributed by atoms with van der Waals surface area (Å²) in [7, 11) is 0. The van der Waals surface area contributed by atoms with Gasteiger partial charge in [-0.2, -0.15) is 0 Å². The molecule has 74 valence electrons. The van der Waals surface area contributed by atoms with Crippen LogP contribution < -0.4 is 0 Å². The van der Waals surface area contributed by atoms with Gasteiger partial charge >= 0.3 is 0 Å². The van der Waals surface area contributed by atoms with E-state index in [0.29, 0.717) is 5.92 Å². The highest BCUT2D eigenvalue weighted by molar-refractivity contribution is 4.97. The molecule has 0 heterocycles. The third-order valence-electron chi connectivity index (χ3n) is 1.90. The van der Waals surface area contributed by atoms with Crippen LogP contribution in [0.25, 0.3) is 0 Å². The Bertz CT molecular complexity index is 191. The number of rotatable bonds is 6. The quantitative estimate of drug-likeness (QED) is 0.563. The van der Waals surface area contributed by atoms with Gasteiger partial charge in [-0.1, -0.05) is 39.2 Å². The minimum absolute atomic E-state index is 0.551. The number of allylic oxidation sites excluding steroid dienone is 2. The summed E-state index contributed by atoms with van der Waals surface area (Å²) >= 11 is 0. The second-order valence-electron chi connectivity index (χ2n) is 3.38. The average molecular weight is 179 g/mol. The Morgan fingerprint density at radius 1 is 1.54 bits per heavy atom. The van der Waals surface area contributed by atoms with E-state index in [1.807, 2.05) is 13.1 Å². The van der Waals surface area contributed by atoms with Crippen molar-refractivity contribution in [2.75, 3.05) is 6.54 Å². The van der Waals surface area contributed by atoms with Gasteiger partial charge in [-0.15, -0.1) is 0 Å². The summed E-state index contributed by atoms with van der Waals surface area (Å²) in [5.41, 5.74) is 1.05. The van der Waals surface area contributed by atoms with E-state index >= 15 is 0 Å². The van der Waals surface area contributed by atoms with Gasteiger partial charge in [-0.25, -0.2) is 0 Å². The molecule has 0 aliphatic rings. The van der Waals surface area contributed by atoms with Crippen LogP contribution in [0.4, 0.5) is 0 Å². The van der Waals surface area contributed by atoms with Crippen molar-refractivity contribution in [1.29, 1.82) is 0 Å². The smallest absolute Gasteiger partial charge is 0.0281 e. The van der Waals surface area contributed by atoms with Crippen LogP contribution in [-0.2, 0) is 0 Å². The standard InChI is InChI=1S/C12H21N/c1-6-8-9-12(5)10-13(7-2)11(3)4/h7-9,12H,2-3,6,10H2,1,4-5H3/b9-8-. The molecule has 0 rings (SSSR count). The molecule has 0 radical (unpaired) electrons. The Morgan fingerprint density at radius 2 is 2.15 bits per heavy atom. The van der Waals surface area contributed by atoms with Gasteiger partial charge in [0.15, 0.2) is 0 Å². The van der Waals surface area contributed by atoms with Gasteiger partial charge in [0.1, 0.15) is 0 Å². The molecule has 1 heteroatoms. The molecule has 0 aliphatic heterocycles. The molecule has 1 unspecified atom stereocenters. The highest BCUT2D eigenvalue weighted by Crippen LogP contribution is 2.07. The van der Waals surface area contributed by atoms with Gasteiger partial charge in [0.25, 0.3) is 0 Å². The minimum Gasteiger partial charge on any atom is -0.352 e. The van der Waals surface area contributed by atoms with Crippen molar-refractivity contribution in [3.8, 4) is 0 Å². The first-order chi connectivity index (χ1) is 6.11. The molecule has 0 aromatic heterocycles. The minimum atomic E-state index is 0.551.